The van der Waals surface area contributed by atoms with E-state index in [9.17, 15) is 13.6 Å². The van der Waals surface area contributed by atoms with Crippen molar-refractivity contribution < 1.29 is 18.3 Å². The maximum Gasteiger partial charge on any atom is 0.265 e. The Hall–Kier alpha value is -2.43. The standard InChI is InChI=1S/C19H21F2NO2/c1-11(2)14-9-8-12(3)10-17(14)24-13(4)19(23)22-18-15(20)6-5-7-16(18)21/h5-11,13H,1-4H3,(H,22,23)/t13-/m1/s1. The predicted molar refractivity (Wildman–Crippen MR) is 90.3 cm³/mol. The van der Waals surface area contributed by atoms with Gasteiger partial charge in [-0.05, 0) is 49.1 Å². The summed E-state index contributed by atoms with van der Waals surface area (Å²) in [6, 6.07) is 9.19. The Morgan fingerprint density at radius 2 is 1.71 bits per heavy atom. The molecule has 3 nitrogen and oxygen atoms in total. The van der Waals surface area contributed by atoms with Crippen molar-refractivity contribution in [2.45, 2.75) is 39.7 Å². The summed E-state index contributed by atoms with van der Waals surface area (Å²) in [4.78, 5) is 12.2. The molecule has 2 rings (SSSR count). The maximum atomic E-state index is 13.6. The van der Waals surface area contributed by atoms with Crippen LogP contribution in [0.25, 0.3) is 0 Å². The van der Waals surface area contributed by atoms with Crippen molar-refractivity contribution in [2.24, 2.45) is 0 Å². The number of benzene rings is 2. The van der Waals surface area contributed by atoms with Crippen molar-refractivity contribution in [3.8, 4) is 5.75 Å². The van der Waals surface area contributed by atoms with Gasteiger partial charge in [0, 0.05) is 0 Å². The Morgan fingerprint density at radius 3 is 2.29 bits per heavy atom. The fourth-order valence-corrected chi connectivity index (χ4v) is 2.31. The summed E-state index contributed by atoms with van der Waals surface area (Å²) in [5.41, 5.74) is 1.51. The molecule has 128 valence electrons. The number of hydrogen-bond acceptors (Lipinski definition) is 2. The van der Waals surface area contributed by atoms with Gasteiger partial charge in [-0.15, -0.1) is 0 Å². The zero-order valence-electron chi connectivity index (χ0n) is 14.2. The molecule has 0 fully saturated rings. The van der Waals surface area contributed by atoms with Gasteiger partial charge in [0.25, 0.3) is 5.91 Å². The highest BCUT2D eigenvalue weighted by atomic mass is 19.1. The third-order valence-corrected chi connectivity index (χ3v) is 3.68. The quantitative estimate of drug-likeness (QED) is 0.853. The van der Waals surface area contributed by atoms with Crippen LogP contribution in [-0.4, -0.2) is 12.0 Å². The summed E-state index contributed by atoms with van der Waals surface area (Å²) >= 11 is 0. The Balaban J connectivity index is 2.17. The lowest BCUT2D eigenvalue weighted by Crippen LogP contribution is -2.31. The lowest BCUT2D eigenvalue weighted by Gasteiger charge is -2.19. The van der Waals surface area contributed by atoms with E-state index in [0.29, 0.717) is 5.75 Å². The maximum absolute atomic E-state index is 13.6. The van der Waals surface area contributed by atoms with E-state index < -0.39 is 29.3 Å². The molecule has 0 aromatic heterocycles. The first kappa shape index (κ1) is 17.9. The van der Waals surface area contributed by atoms with E-state index in [1.165, 1.54) is 6.07 Å². The summed E-state index contributed by atoms with van der Waals surface area (Å²) in [5, 5.41) is 2.25. The van der Waals surface area contributed by atoms with Gasteiger partial charge in [0.2, 0.25) is 0 Å². The molecule has 2 aromatic carbocycles. The minimum Gasteiger partial charge on any atom is -0.481 e. The van der Waals surface area contributed by atoms with E-state index in [1.807, 2.05) is 39.0 Å². The molecule has 1 N–H and O–H groups in total. The van der Waals surface area contributed by atoms with Crippen LogP contribution in [0.15, 0.2) is 36.4 Å². The summed E-state index contributed by atoms with van der Waals surface area (Å²) < 4.78 is 33.0. The van der Waals surface area contributed by atoms with Crippen molar-refractivity contribution in [3.05, 3.63) is 59.2 Å². The van der Waals surface area contributed by atoms with Crippen molar-refractivity contribution in [1.82, 2.24) is 0 Å². The molecule has 0 heterocycles. The SMILES string of the molecule is Cc1ccc(C(C)C)c(O[C@H](C)C(=O)Nc2c(F)cccc2F)c1. The van der Waals surface area contributed by atoms with Gasteiger partial charge in [0.05, 0.1) is 0 Å². The number of rotatable bonds is 5. The first-order valence-electron chi connectivity index (χ1n) is 7.81. The molecule has 0 saturated carbocycles. The number of amides is 1. The highest BCUT2D eigenvalue weighted by Crippen LogP contribution is 2.28. The number of hydrogen-bond donors (Lipinski definition) is 1. The molecule has 2 aromatic rings. The summed E-state index contributed by atoms with van der Waals surface area (Å²) in [7, 11) is 0. The average Bonchev–Trinajstić information content (AvgIpc) is 2.50. The Bertz CT molecular complexity index is 724. The van der Waals surface area contributed by atoms with Gasteiger partial charge < -0.3 is 10.1 Å². The molecular formula is C19H21F2NO2. The van der Waals surface area contributed by atoms with E-state index in [2.05, 4.69) is 5.32 Å². The van der Waals surface area contributed by atoms with Crippen LogP contribution in [-0.2, 0) is 4.79 Å². The second kappa shape index (κ2) is 7.43. The molecule has 0 aliphatic rings. The average molecular weight is 333 g/mol. The van der Waals surface area contributed by atoms with E-state index in [4.69, 9.17) is 4.74 Å². The number of carbonyl (C=O) groups excluding carboxylic acids is 1. The molecule has 0 spiro atoms. The van der Waals surface area contributed by atoms with Crippen LogP contribution in [0.1, 0.15) is 37.8 Å². The molecule has 0 unspecified atom stereocenters. The zero-order valence-corrected chi connectivity index (χ0v) is 14.2. The van der Waals surface area contributed by atoms with Crippen molar-refractivity contribution in [3.63, 3.8) is 0 Å². The van der Waals surface area contributed by atoms with Gasteiger partial charge in [-0.2, -0.15) is 0 Å². The fraction of sp³-hybridized carbons (Fsp3) is 0.316. The second-order valence-corrected chi connectivity index (χ2v) is 6.04. The highest BCUT2D eigenvalue weighted by molar-refractivity contribution is 5.94. The monoisotopic (exact) mass is 333 g/mol. The number of anilines is 1. The van der Waals surface area contributed by atoms with Crippen LogP contribution in [0.5, 0.6) is 5.75 Å². The molecule has 1 atom stereocenters. The summed E-state index contributed by atoms with van der Waals surface area (Å²) in [5.74, 6) is -1.44. The number of aryl methyl sites for hydroxylation is 1. The number of carbonyl (C=O) groups is 1. The van der Waals surface area contributed by atoms with E-state index >= 15 is 0 Å². The molecule has 0 saturated heterocycles. The molecule has 0 radical (unpaired) electrons. The summed E-state index contributed by atoms with van der Waals surface area (Å²) in [6.45, 7) is 7.52. The first-order valence-corrected chi connectivity index (χ1v) is 7.81. The van der Waals surface area contributed by atoms with Crippen molar-refractivity contribution in [1.29, 1.82) is 0 Å². The largest absolute Gasteiger partial charge is 0.481 e. The van der Waals surface area contributed by atoms with E-state index in [1.54, 1.807) is 6.92 Å². The van der Waals surface area contributed by atoms with Gasteiger partial charge in [0.15, 0.2) is 6.10 Å². The van der Waals surface area contributed by atoms with Gasteiger partial charge in [-0.25, -0.2) is 8.78 Å². The Kier molecular flexibility index (Phi) is 5.54. The van der Waals surface area contributed by atoms with E-state index in [0.717, 1.165) is 23.3 Å². The second-order valence-electron chi connectivity index (χ2n) is 6.04. The van der Waals surface area contributed by atoms with Gasteiger partial charge in [-0.1, -0.05) is 32.0 Å². The third-order valence-electron chi connectivity index (χ3n) is 3.68. The first-order chi connectivity index (χ1) is 11.3. The molecule has 0 bridgehead atoms. The Labute approximate surface area is 140 Å². The van der Waals surface area contributed by atoms with Gasteiger partial charge in [0.1, 0.15) is 23.1 Å². The topological polar surface area (TPSA) is 38.3 Å². The molecule has 5 heteroatoms. The molecule has 0 aliphatic carbocycles. The van der Waals surface area contributed by atoms with Crippen LogP contribution in [0.3, 0.4) is 0 Å². The molecule has 1 amide bonds. The van der Waals surface area contributed by atoms with Crippen LogP contribution in [0.4, 0.5) is 14.5 Å². The van der Waals surface area contributed by atoms with Crippen molar-refractivity contribution in [2.75, 3.05) is 5.32 Å². The lowest BCUT2D eigenvalue weighted by molar-refractivity contribution is -0.122. The number of halogens is 2. The zero-order chi connectivity index (χ0) is 17.9. The number of ether oxygens (including phenoxy) is 1. The van der Waals surface area contributed by atoms with Crippen molar-refractivity contribution >= 4 is 11.6 Å². The van der Waals surface area contributed by atoms with Crippen LogP contribution >= 0.6 is 0 Å². The van der Waals surface area contributed by atoms with E-state index in [-0.39, 0.29) is 5.92 Å². The number of para-hydroxylation sites is 1. The minimum atomic E-state index is -0.900. The summed E-state index contributed by atoms with van der Waals surface area (Å²) in [6.07, 6.45) is -0.900. The molecule has 24 heavy (non-hydrogen) atoms. The smallest absolute Gasteiger partial charge is 0.265 e. The third kappa shape index (κ3) is 4.10. The Morgan fingerprint density at radius 1 is 1.08 bits per heavy atom. The van der Waals surface area contributed by atoms with Crippen LogP contribution in [0.2, 0.25) is 0 Å². The van der Waals surface area contributed by atoms with Crippen LogP contribution in [0, 0.1) is 18.6 Å². The fourth-order valence-electron chi connectivity index (χ4n) is 2.31. The molecular weight excluding hydrogens is 312 g/mol. The highest BCUT2D eigenvalue weighted by Gasteiger charge is 2.20. The minimum absolute atomic E-state index is 0.222. The number of nitrogens with one attached hydrogen (secondary N) is 1. The molecule has 0 aliphatic heterocycles. The van der Waals surface area contributed by atoms with Crippen LogP contribution < -0.4 is 10.1 Å². The predicted octanol–water partition coefficient (Wildman–Crippen LogP) is 4.80. The lowest BCUT2D eigenvalue weighted by atomic mass is 10.0. The van der Waals surface area contributed by atoms with Gasteiger partial charge >= 0.3 is 0 Å². The van der Waals surface area contributed by atoms with Gasteiger partial charge in [-0.3, -0.25) is 4.79 Å². The normalized spacial score (nSPS) is 12.1.